The second kappa shape index (κ2) is 6.80. The summed E-state index contributed by atoms with van der Waals surface area (Å²) in [7, 11) is 0. The number of nitrogens with one attached hydrogen (secondary N) is 1. The summed E-state index contributed by atoms with van der Waals surface area (Å²) in [5.74, 6) is -0.949. The molecule has 114 valence electrons. The van der Waals surface area contributed by atoms with Gasteiger partial charge in [-0.25, -0.2) is 9.59 Å². The van der Waals surface area contributed by atoms with Crippen LogP contribution >= 0.6 is 11.6 Å². The Morgan fingerprint density at radius 1 is 1.33 bits per heavy atom. The molecule has 21 heavy (non-hydrogen) atoms. The first-order chi connectivity index (χ1) is 10.0. The van der Waals surface area contributed by atoms with Crippen LogP contribution in [-0.2, 0) is 4.79 Å². The highest BCUT2D eigenvalue weighted by molar-refractivity contribution is 6.31. The molecule has 1 unspecified atom stereocenters. The molecule has 1 heterocycles. The third kappa shape index (κ3) is 3.67. The molecule has 2 N–H and O–H groups in total. The van der Waals surface area contributed by atoms with E-state index in [1.54, 1.807) is 18.2 Å². The highest BCUT2D eigenvalue weighted by Crippen LogP contribution is 2.24. The number of likely N-dealkylation sites (tertiary alicyclic amines) is 1. The molecule has 0 radical (unpaired) electrons. The van der Waals surface area contributed by atoms with Gasteiger partial charge in [0.25, 0.3) is 0 Å². The molecule has 0 aliphatic carbocycles. The van der Waals surface area contributed by atoms with Gasteiger partial charge in [-0.15, -0.1) is 0 Å². The van der Waals surface area contributed by atoms with Crippen LogP contribution in [0.2, 0.25) is 5.02 Å². The fourth-order valence-corrected chi connectivity index (χ4v) is 2.71. The lowest BCUT2D eigenvalue weighted by atomic mass is 10.1. The van der Waals surface area contributed by atoms with Crippen molar-refractivity contribution in [1.29, 1.82) is 0 Å². The molecule has 6 heteroatoms. The molecule has 0 saturated carbocycles. The van der Waals surface area contributed by atoms with E-state index in [0.717, 1.165) is 24.8 Å². The molecule has 2 rings (SSSR count). The lowest BCUT2D eigenvalue weighted by Gasteiger charge is -2.27. The van der Waals surface area contributed by atoms with E-state index in [4.69, 9.17) is 11.6 Å². The number of hydrogen-bond acceptors (Lipinski definition) is 2. The molecule has 2 amide bonds. The number of aliphatic carboxylic acids is 1. The molecule has 1 aromatic carbocycles. The number of urea groups is 1. The van der Waals surface area contributed by atoms with Crippen molar-refractivity contribution in [2.24, 2.45) is 0 Å². The zero-order valence-corrected chi connectivity index (χ0v) is 12.7. The SMILES string of the molecule is Cc1c(Cl)cccc1NC(=O)N1CCCCCC1C(=O)O. The largest absolute Gasteiger partial charge is 0.480 e. The number of anilines is 1. The normalized spacial score (nSPS) is 19.0. The van der Waals surface area contributed by atoms with Gasteiger partial charge in [0.05, 0.1) is 0 Å². The first kappa shape index (κ1) is 15.6. The molecule has 1 aromatic rings. The van der Waals surface area contributed by atoms with Crippen molar-refractivity contribution in [3.63, 3.8) is 0 Å². The molecule has 1 saturated heterocycles. The summed E-state index contributed by atoms with van der Waals surface area (Å²) >= 11 is 6.03. The van der Waals surface area contributed by atoms with Crippen LogP contribution in [0.3, 0.4) is 0 Å². The fourth-order valence-electron chi connectivity index (χ4n) is 2.54. The summed E-state index contributed by atoms with van der Waals surface area (Å²) in [5, 5.41) is 12.6. The number of nitrogens with zero attached hydrogens (tertiary/aromatic N) is 1. The smallest absolute Gasteiger partial charge is 0.326 e. The Kier molecular flexibility index (Phi) is 5.07. The van der Waals surface area contributed by atoms with Gasteiger partial charge in [-0.05, 0) is 37.5 Å². The van der Waals surface area contributed by atoms with Crippen LogP contribution in [0.1, 0.15) is 31.2 Å². The number of carbonyl (C=O) groups is 2. The zero-order valence-electron chi connectivity index (χ0n) is 11.9. The molecule has 1 atom stereocenters. The van der Waals surface area contributed by atoms with Gasteiger partial charge in [0.15, 0.2) is 0 Å². The predicted octanol–water partition coefficient (Wildman–Crippen LogP) is 3.51. The molecule has 5 nitrogen and oxygen atoms in total. The van der Waals surface area contributed by atoms with Gasteiger partial charge in [0.1, 0.15) is 6.04 Å². The predicted molar refractivity (Wildman–Crippen MR) is 81.8 cm³/mol. The number of carbonyl (C=O) groups excluding carboxylic acids is 1. The second-order valence-corrected chi connectivity index (χ2v) is 5.65. The average molecular weight is 311 g/mol. The van der Waals surface area contributed by atoms with E-state index < -0.39 is 12.0 Å². The van der Waals surface area contributed by atoms with E-state index in [1.807, 2.05) is 6.92 Å². The summed E-state index contributed by atoms with van der Waals surface area (Å²) < 4.78 is 0. The summed E-state index contributed by atoms with van der Waals surface area (Å²) in [5.41, 5.74) is 1.38. The Balaban J connectivity index is 2.17. The molecule has 0 aromatic heterocycles. The minimum Gasteiger partial charge on any atom is -0.480 e. The minimum absolute atomic E-state index is 0.380. The van der Waals surface area contributed by atoms with Crippen molar-refractivity contribution in [3.05, 3.63) is 28.8 Å². The number of carboxylic acids is 1. The molecule has 1 aliphatic rings. The molecular formula is C15H19ClN2O3. The highest BCUT2D eigenvalue weighted by atomic mass is 35.5. The van der Waals surface area contributed by atoms with Gasteiger partial charge in [-0.1, -0.05) is 30.5 Å². The van der Waals surface area contributed by atoms with Crippen molar-refractivity contribution < 1.29 is 14.7 Å². The van der Waals surface area contributed by atoms with Gasteiger partial charge in [0.2, 0.25) is 0 Å². The standard InChI is InChI=1S/C15H19ClN2O3/c1-10-11(16)6-5-7-12(10)17-15(21)18-9-4-2-3-8-13(18)14(19)20/h5-7,13H,2-4,8-9H2,1H3,(H,17,21)(H,19,20). The van der Waals surface area contributed by atoms with E-state index >= 15 is 0 Å². The second-order valence-electron chi connectivity index (χ2n) is 5.24. The lowest BCUT2D eigenvalue weighted by Crippen LogP contribution is -2.46. The summed E-state index contributed by atoms with van der Waals surface area (Å²) in [4.78, 5) is 25.2. The third-order valence-corrected chi connectivity index (χ3v) is 4.22. The van der Waals surface area contributed by atoms with Crippen LogP contribution < -0.4 is 5.32 Å². The number of hydrogen-bond donors (Lipinski definition) is 2. The van der Waals surface area contributed by atoms with E-state index in [0.29, 0.717) is 23.7 Å². The molecular weight excluding hydrogens is 292 g/mol. The number of halogens is 1. The number of amides is 2. The van der Waals surface area contributed by atoms with Crippen molar-refractivity contribution >= 4 is 29.3 Å². The Morgan fingerprint density at radius 3 is 2.81 bits per heavy atom. The summed E-state index contributed by atoms with van der Waals surface area (Å²) in [6, 6.07) is 4.12. The van der Waals surface area contributed by atoms with Crippen LogP contribution in [0.4, 0.5) is 10.5 Å². The lowest BCUT2D eigenvalue weighted by molar-refractivity contribution is -0.142. The van der Waals surface area contributed by atoms with Gasteiger partial charge < -0.3 is 15.3 Å². The van der Waals surface area contributed by atoms with E-state index in [2.05, 4.69) is 5.32 Å². The van der Waals surface area contributed by atoms with Crippen molar-refractivity contribution in [1.82, 2.24) is 4.90 Å². The third-order valence-electron chi connectivity index (χ3n) is 3.81. The van der Waals surface area contributed by atoms with E-state index in [1.165, 1.54) is 4.90 Å². The first-order valence-corrected chi connectivity index (χ1v) is 7.44. The minimum atomic E-state index is -0.949. The van der Waals surface area contributed by atoms with Gasteiger partial charge in [0, 0.05) is 17.3 Å². The van der Waals surface area contributed by atoms with Crippen LogP contribution in [0, 0.1) is 6.92 Å². The topological polar surface area (TPSA) is 69.6 Å². The molecule has 0 bridgehead atoms. The van der Waals surface area contributed by atoms with Gasteiger partial charge in [-0.3, -0.25) is 0 Å². The monoisotopic (exact) mass is 310 g/mol. The Bertz CT molecular complexity index is 548. The summed E-state index contributed by atoms with van der Waals surface area (Å²) in [6.45, 7) is 2.28. The van der Waals surface area contributed by atoms with E-state index in [9.17, 15) is 14.7 Å². The number of carboxylic acid groups (broad SMARTS) is 1. The maximum Gasteiger partial charge on any atom is 0.326 e. The maximum atomic E-state index is 12.4. The average Bonchev–Trinajstić information content (AvgIpc) is 2.69. The summed E-state index contributed by atoms with van der Waals surface area (Å²) in [6.07, 6.45) is 3.10. The number of benzene rings is 1. The molecule has 0 spiro atoms. The van der Waals surface area contributed by atoms with Crippen LogP contribution in [0.5, 0.6) is 0 Å². The first-order valence-electron chi connectivity index (χ1n) is 7.06. The molecule has 1 aliphatic heterocycles. The van der Waals surface area contributed by atoms with Crippen LogP contribution in [0.25, 0.3) is 0 Å². The van der Waals surface area contributed by atoms with Gasteiger partial charge in [-0.2, -0.15) is 0 Å². The fraction of sp³-hybridized carbons (Fsp3) is 0.467. The molecule has 1 fully saturated rings. The zero-order chi connectivity index (χ0) is 15.4. The Labute approximate surface area is 128 Å². The highest BCUT2D eigenvalue weighted by Gasteiger charge is 2.30. The van der Waals surface area contributed by atoms with Crippen LogP contribution in [0.15, 0.2) is 18.2 Å². The maximum absolute atomic E-state index is 12.4. The Hall–Kier alpha value is -1.75. The quantitative estimate of drug-likeness (QED) is 0.878. The van der Waals surface area contributed by atoms with Crippen molar-refractivity contribution in [2.45, 2.75) is 38.6 Å². The Morgan fingerprint density at radius 2 is 2.10 bits per heavy atom. The van der Waals surface area contributed by atoms with Gasteiger partial charge >= 0.3 is 12.0 Å². The van der Waals surface area contributed by atoms with E-state index in [-0.39, 0.29) is 6.03 Å². The van der Waals surface area contributed by atoms with Crippen molar-refractivity contribution in [2.75, 3.05) is 11.9 Å². The van der Waals surface area contributed by atoms with Crippen LogP contribution in [-0.4, -0.2) is 34.6 Å². The number of rotatable bonds is 2. The van der Waals surface area contributed by atoms with Crippen molar-refractivity contribution in [3.8, 4) is 0 Å².